The molecule has 150 valence electrons. The number of allylic oxidation sites excluding steroid dienone is 2. The van der Waals surface area contributed by atoms with Gasteiger partial charge in [-0.3, -0.25) is 8.96 Å². The van der Waals surface area contributed by atoms with Gasteiger partial charge in [-0.2, -0.15) is 0 Å². The summed E-state index contributed by atoms with van der Waals surface area (Å²) in [5, 5.41) is 4.55. The Kier molecular flexibility index (Phi) is 6.04. The second-order valence-electron chi connectivity index (χ2n) is 7.16. The van der Waals surface area contributed by atoms with Gasteiger partial charge in [0.15, 0.2) is 6.23 Å². The van der Waals surface area contributed by atoms with Crippen LogP contribution in [0.3, 0.4) is 0 Å². The van der Waals surface area contributed by atoms with Gasteiger partial charge in [-0.25, -0.2) is 0 Å². The Hall–Kier alpha value is -2.54. The number of pyridine rings is 1. The van der Waals surface area contributed by atoms with Crippen LogP contribution in [0.15, 0.2) is 77.7 Å². The highest BCUT2D eigenvalue weighted by molar-refractivity contribution is 7.98. The van der Waals surface area contributed by atoms with Crippen molar-refractivity contribution in [1.82, 2.24) is 19.2 Å². The highest BCUT2D eigenvalue weighted by Gasteiger charge is 2.19. The summed E-state index contributed by atoms with van der Waals surface area (Å²) in [6, 6.07) is 10.8. The normalized spacial score (nSPS) is 16.4. The van der Waals surface area contributed by atoms with Crippen LogP contribution in [-0.4, -0.2) is 41.3 Å². The summed E-state index contributed by atoms with van der Waals surface area (Å²) in [4.78, 5) is 7.46. The molecular weight excluding hydrogens is 380 g/mol. The molecule has 1 aromatic carbocycles. The molecule has 3 heterocycles. The minimum Gasteiger partial charge on any atom is -0.358 e. The second kappa shape index (κ2) is 8.86. The van der Waals surface area contributed by atoms with E-state index in [-0.39, 0.29) is 6.23 Å². The van der Waals surface area contributed by atoms with E-state index in [0.29, 0.717) is 0 Å². The SMILES string of the molecule is CNCc1cn(Sc2cccnc2)c2cc(CC3=CC=CN(C)C3OC)ccc12. The first-order chi connectivity index (χ1) is 14.2. The molecule has 1 unspecified atom stereocenters. The summed E-state index contributed by atoms with van der Waals surface area (Å²) in [6.45, 7) is 0.836. The Bertz CT molecular complexity index is 1040. The summed E-state index contributed by atoms with van der Waals surface area (Å²) in [6.07, 6.45) is 13.0. The van der Waals surface area contributed by atoms with Crippen molar-refractivity contribution in [3.05, 3.63) is 84.0 Å². The number of likely N-dealkylation sites (N-methyl/N-ethyl adjacent to an activating group) is 1. The van der Waals surface area contributed by atoms with E-state index in [2.05, 4.69) is 61.8 Å². The van der Waals surface area contributed by atoms with Crippen LogP contribution in [0, 0.1) is 0 Å². The highest BCUT2D eigenvalue weighted by atomic mass is 32.2. The molecule has 1 aliphatic heterocycles. The van der Waals surface area contributed by atoms with Crippen molar-refractivity contribution in [2.24, 2.45) is 0 Å². The van der Waals surface area contributed by atoms with Gasteiger partial charge in [0.05, 0.1) is 5.52 Å². The van der Waals surface area contributed by atoms with Gasteiger partial charge in [0.1, 0.15) is 0 Å². The van der Waals surface area contributed by atoms with E-state index < -0.39 is 0 Å². The van der Waals surface area contributed by atoms with E-state index in [1.807, 2.05) is 32.6 Å². The molecule has 0 amide bonds. The molecule has 0 radical (unpaired) electrons. The monoisotopic (exact) mass is 406 g/mol. The summed E-state index contributed by atoms with van der Waals surface area (Å²) in [7, 11) is 5.79. The van der Waals surface area contributed by atoms with Crippen LogP contribution in [0.25, 0.3) is 10.9 Å². The molecule has 1 aliphatic rings. The van der Waals surface area contributed by atoms with Crippen molar-refractivity contribution in [2.75, 3.05) is 21.2 Å². The van der Waals surface area contributed by atoms with E-state index in [1.54, 1.807) is 25.3 Å². The first-order valence-electron chi connectivity index (χ1n) is 9.67. The van der Waals surface area contributed by atoms with Crippen molar-refractivity contribution in [1.29, 1.82) is 0 Å². The van der Waals surface area contributed by atoms with Crippen molar-refractivity contribution < 1.29 is 4.74 Å². The van der Waals surface area contributed by atoms with Crippen LogP contribution in [-0.2, 0) is 17.7 Å². The van der Waals surface area contributed by atoms with Crippen LogP contribution < -0.4 is 5.32 Å². The quantitative estimate of drug-likeness (QED) is 0.637. The number of aromatic nitrogens is 2. The summed E-state index contributed by atoms with van der Waals surface area (Å²) in [5.74, 6) is 0. The van der Waals surface area contributed by atoms with Crippen LogP contribution >= 0.6 is 11.9 Å². The first kappa shape index (κ1) is 19.8. The lowest BCUT2D eigenvalue weighted by molar-refractivity contribution is 0.0336. The third-order valence-electron chi connectivity index (χ3n) is 5.07. The fourth-order valence-corrected chi connectivity index (χ4v) is 4.67. The number of hydrogen-bond acceptors (Lipinski definition) is 5. The van der Waals surface area contributed by atoms with Crippen molar-refractivity contribution in [3.63, 3.8) is 0 Å². The van der Waals surface area contributed by atoms with Crippen molar-refractivity contribution in [2.45, 2.75) is 24.1 Å². The Balaban J connectivity index is 1.69. The fourth-order valence-electron chi connectivity index (χ4n) is 3.77. The largest absolute Gasteiger partial charge is 0.358 e. The lowest BCUT2D eigenvalue weighted by atomic mass is 10.00. The molecule has 6 heteroatoms. The van der Waals surface area contributed by atoms with E-state index in [1.165, 1.54) is 27.6 Å². The van der Waals surface area contributed by atoms with E-state index >= 15 is 0 Å². The van der Waals surface area contributed by atoms with Gasteiger partial charge in [0.2, 0.25) is 0 Å². The molecule has 4 rings (SSSR count). The van der Waals surface area contributed by atoms with E-state index in [9.17, 15) is 0 Å². The minimum absolute atomic E-state index is 0.0212. The first-order valence-corrected chi connectivity index (χ1v) is 10.4. The fraction of sp³-hybridized carbons (Fsp3) is 0.261. The zero-order valence-corrected chi connectivity index (χ0v) is 17.8. The molecule has 0 spiro atoms. The van der Waals surface area contributed by atoms with Gasteiger partial charge >= 0.3 is 0 Å². The molecule has 0 fully saturated rings. The van der Waals surface area contributed by atoms with Gasteiger partial charge in [0.25, 0.3) is 0 Å². The number of hydrogen-bond donors (Lipinski definition) is 1. The third-order valence-corrected chi connectivity index (χ3v) is 6.03. The summed E-state index contributed by atoms with van der Waals surface area (Å²) < 4.78 is 7.94. The van der Waals surface area contributed by atoms with Gasteiger partial charge < -0.3 is 15.0 Å². The van der Waals surface area contributed by atoms with Gasteiger partial charge in [0, 0.05) is 55.8 Å². The molecule has 29 heavy (non-hydrogen) atoms. The smallest absolute Gasteiger partial charge is 0.151 e. The highest BCUT2D eigenvalue weighted by Crippen LogP contribution is 2.31. The molecule has 0 aliphatic carbocycles. The Morgan fingerprint density at radius 2 is 2.17 bits per heavy atom. The molecule has 5 nitrogen and oxygen atoms in total. The zero-order valence-electron chi connectivity index (χ0n) is 17.0. The van der Waals surface area contributed by atoms with Crippen molar-refractivity contribution >= 4 is 22.9 Å². The molecular formula is C23H26N4OS. The van der Waals surface area contributed by atoms with Crippen LogP contribution in [0.2, 0.25) is 0 Å². The van der Waals surface area contributed by atoms with Gasteiger partial charge in [-0.1, -0.05) is 18.2 Å². The average molecular weight is 407 g/mol. The Morgan fingerprint density at radius 1 is 1.28 bits per heavy atom. The molecule has 0 bridgehead atoms. The standard InChI is InChI=1S/C23H26N4OS/c1-24-14-19-16-27(29-20-7-4-10-25-15-20)22-13-17(8-9-21(19)22)12-18-6-5-11-26(2)23(18)28-3/h4-11,13,15-16,23-24H,12,14H2,1-3H3. The predicted octanol–water partition coefficient (Wildman–Crippen LogP) is 4.21. The van der Waals surface area contributed by atoms with Crippen molar-refractivity contribution in [3.8, 4) is 0 Å². The second-order valence-corrected chi connectivity index (χ2v) is 8.20. The minimum atomic E-state index is -0.0212. The Morgan fingerprint density at radius 3 is 2.93 bits per heavy atom. The Labute approximate surface area is 176 Å². The number of nitrogens with one attached hydrogen (secondary N) is 1. The summed E-state index contributed by atoms with van der Waals surface area (Å²) >= 11 is 1.69. The van der Waals surface area contributed by atoms with Gasteiger partial charge in [-0.05, 0) is 66.4 Å². The summed E-state index contributed by atoms with van der Waals surface area (Å²) in [5.41, 5.74) is 5.04. The number of nitrogens with zero attached hydrogens (tertiary/aromatic N) is 3. The van der Waals surface area contributed by atoms with E-state index in [4.69, 9.17) is 4.74 Å². The molecule has 1 atom stereocenters. The molecule has 0 saturated heterocycles. The maximum absolute atomic E-state index is 5.70. The van der Waals surface area contributed by atoms with Crippen LogP contribution in [0.1, 0.15) is 11.1 Å². The van der Waals surface area contributed by atoms with Crippen LogP contribution in [0.4, 0.5) is 0 Å². The number of fused-ring (bicyclic) bond motifs is 1. The predicted molar refractivity (Wildman–Crippen MR) is 120 cm³/mol. The lowest BCUT2D eigenvalue weighted by Gasteiger charge is -2.30. The maximum Gasteiger partial charge on any atom is 0.151 e. The number of rotatable bonds is 7. The molecule has 3 aromatic rings. The van der Waals surface area contributed by atoms with Crippen LogP contribution in [0.5, 0.6) is 0 Å². The maximum atomic E-state index is 5.70. The number of ether oxygens (including phenoxy) is 1. The zero-order chi connectivity index (χ0) is 20.2. The number of methoxy groups -OCH3 is 1. The molecule has 1 N–H and O–H groups in total. The van der Waals surface area contributed by atoms with Gasteiger partial charge in [-0.15, -0.1) is 0 Å². The van der Waals surface area contributed by atoms with E-state index in [0.717, 1.165) is 17.9 Å². The topological polar surface area (TPSA) is 42.3 Å². The third kappa shape index (κ3) is 4.24. The number of benzene rings is 1. The molecule has 0 saturated carbocycles. The average Bonchev–Trinajstić information content (AvgIpc) is 3.06. The molecule has 2 aromatic heterocycles. The lowest BCUT2D eigenvalue weighted by Crippen LogP contribution is -2.33.